The normalized spacial score (nSPS) is 10.4. The first-order valence-corrected chi connectivity index (χ1v) is 6.11. The van der Waals surface area contributed by atoms with Crippen LogP contribution in [-0.4, -0.2) is 28.0 Å². The predicted octanol–water partition coefficient (Wildman–Crippen LogP) is 1.19. The molecule has 0 radical (unpaired) electrons. The number of benzene rings is 1. The van der Waals surface area contributed by atoms with E-state index in [-0.39, 0.29) is 12.5 Å². The van der Waals surface area contributed by atoms with Gasteiger partial charge in [-0.1, -0.05) is 12.1 Å². The van der Waals surface area contributed by atoms with Gasteiger partial charge in [0.15, 0.2) is 0 Å². The second-order valence-corrected chi connectivity index (χ2v) is 4.14. The molecule has 0 aliphatic carbocycles. The Kier molecular flexibility index (Phi) is 3.79. The van der Waals surface area contributed by atoms with E-state index in [4.69, 9.17) is 0 Å². The van der Waals surface area contributed by atoms with Crippen molar-refractivity contribution >= 4 is 23.0 Å². The lowest BCUT2D eigenvalue weighted by molar-refractivity contribution is -0.120. The summed E-state index contributed by atoms with van der Waals surface area (Å²) in [5.41, 5.74) is 1.72. The van der Waals surface area contributed by atoms with Crippen molar-refractivity contribution in [2.75, 3.05) is 6.54 Å². The number of imide groups is 1. The van der Waals surface area contributed by atoms with Gasteiger partial charge in [-0.2, -0.15) is 0 Å². The van der Waals surface area contributed by atoms with E-state index in [9.17, 15) is 9.59 Å². The van der Waals surface area contributed by atoms with Crippen LogP contribution in [0.2, 0.25) is 0 Å². The zero-order valence-corrected chi connectivity index (χ0v) is 10.9. The molecule has 0 fully saturated rings. The monoisotopic (exact) mass is 260 g/mol. The van der Waals surface area contributed by atoms with Gasteiger partial charge < -0.3 is 9.88 Å². The Morgan fingerprint density at radius 2 is 2.05 bits per heavy atom. The summed E-state index contributed by atoms with van der Waals surface area (Å²) in [5, 5.41) is 4.79. The predicted molar refractivity (Wildman–Crippen MR) is 71.7 cm³/mol. The van der Waals surface area contributed by atoms with Crippen LogP contribution in [0.4, 0.5) is 4.79 Å². The largest absolute Gasteiger partial charge is 0.338 e. The highest BCUT2D eigenvalue weighted by atomic mass is 16.2. The van der Waals surface area contributed by atoms with E-state index in [1.807, 2.05) is 31.2 Å². The Labute approximate surface area is 110 Å². The summed E-state index contributed by atoms with van der Waals surface area (Å²) < 4.78 is 1.78. The molecule has 0 unspecified atom stereocenters. The van der Waals surface area contributed by atoms with Gasteiger partial charge in [-0.15, -0.1) is 0 Å². The summed E-state index contributed by atoms with van der Waals surface area (Å²) >= 11 is 0. The van der Waals surface area contributed by atoms with Gasteiger partial charge in [-0.25, -0.2) is 9.78 Å². The van der Waals surface area contributed by atoms with Crippen LogP contribution in [0.5, 0.6) is 0 Å². The minimum atomic E-state index is -0.477. The van der Waals surface area contributed by atoms with E-state index in [1.54, 1.807) is 11.5 Å². The number of imidazole rings is 1. The standard InChI is InChI=1S/C13H16N4O2/c1-3-14-13(19)16-12(18)8-17-9(2)15-10-6-4-5-7-11(10)17/h4-7H,3,8H2,1-2H3,(H2,14,16,18,19). The molecule has 19 heavy (non-hydrogen) atoms. The average molecular weight is 260 g/mol. The van der Waals surface area contributed by atoms with E-state index in [0.29, 0.717) is 6.54 Å². The van der Waals surface area contributed by atoms with E-state index in [0.717, 1.165) is 16.9 Å². The fourth-order valence-electron chi connectivity index (χ4n) is 1.91. The van der Waals surface area contributed by atoms with Crippen LogP contribution in [0, 0.1) is 6.92 Å². The molecule has 0 spiro atoms. The van der Waals surface area contributed by atoms with Gasteiger partial charge in [0.05, 0.1) is 11.0 Å². The number of fused-ring (bicyclic) bond motifs is 1. The Morgan fingerprint density at radius 3 is 2.79 bits per heavy atom. The van der Waals surface area contributed by atoms with Crippen molar-refractivity contribution < 1.29 is 9.59 Å². The van der Waals surface area contributed by atoms with Gasteiger partial charge in [0.2, 0.25) is 5.91 Å². The van der Waals surface area contributed by atoms with Crippen LogP contribution in [0.3, 0.4) is 0 Å². The van der Waals surface area contributed by atoms with Crippen molar-refractivity contribution in [3.63, 3.8) is 0 Å². The number of rotatable bonds is 3. The summed E-state index contributed by atoms with van der Waals surface area (Å²) in [7, 11) is 0. The molecule has 1 heterocycles. The molecule has 2 rings (SSSR count). The second-order valence-electron chi connectivity index (χ2n) is 4.14. The van der Waals surface area contributed by atoms with Crippen molar-refractivity contribution in [3.05, 3.63) is 30.1 Å². The summed E-state index contributed by atoms with van der Waals surface area (Å²) in [6, 6.07) is 7.10. The smallest absolute Gasteiger partial charge is 0.321 e. The lowest BCUT2D eigenvalue weighted by Crippen LogP contribution is -2.40. The first-order chi connectivity index (χ1) is 9.11. The van der Waals surface area contributed by atoms with Crippen LogP contribution in [0.25, 0.3) is 11.0 Å². The summed E-state index contributed by atoms with van der Waals surface area (Å²) in [4.78, 5) is 27.4. The molecule has 0 bridgehead atoms. The first-order valence-electron chi connectivity index (χ1n) is 6.11. The third-order valence-electron chi connectivity index (χ3n) is 2.74. The molecule has 1 aromatic carbocycles. The number of carbonyl (C=O) groups is 2. The second kappa shape index (κ2) is 5.51. The maximum atomic E-state index is 11.8. The molecule has 2 aromatic rings. The average Bonchev–Trinajstić information content (AvgIpc) is 2.66. The molecular weight excluding hydrogens is 244 g/mol. The van der Waals surface area contributed by atoms with Crippen LogP contribution in [0.1, 0.15) is 12.7 Å². The number of nitrogens with zero attached hydrogens (tertiary/aromatic N) is 2. The molecule has 0 atom stereocenters. The Bertz CT molecular complexity index is 618. The Morgan fingerprint density at radius 1 is 1.32 bits per heavy atom. The number of para-hydroxylation sites is 2. The van der Waals surface area contributed by atoms with Crippen molar-refractivity contribution in [1.29, 1.82) is 0 Å². The van der Waals surface area contributed by atoms with Crippen molar-refractivity contribution in [2.45, 2.75) is 20.4 Å². The Balaban J connectivity index is 2.15. The summed E-state index contributed by atoms with van der Waals surface area (Å²) in [6.07, 6.45) is 0. The minimum absolute atomic E-state index is 0.0729. The van der Waals surface area contributed by atoms with Crippen LogP contribution < -0.4 is 10.6 Å². The third-order valence-corrected chi connectivity index (χ3v) is 2.74. The van der Waals surface area contributed by atoms with Gasteiger partial charge in [0.25, 0.3) is 0 Å². The minimum Gasteiger partial charge on any atom is -0.338 e. The van der Waals surface area contributed by atoms with E-state index < -0.39 is 6.03 Å². The SMILES string of the molecule is CCNC(=O)NC(=O)Cn1c(C)nc2ccccc21. The highest BCUT2D eigenvalue weighted by molar-refractivity contribution is 5.94. The van der Waals surface area contributed by atoms with Crippen LogP contribution >= 0.6 is 0 Å². The number of aromatic nitrogens is 2. The first kappa shape index (κ1) is 13.1. The van der Waals surface area contributed by atoms with Crippen LogP contribution in [-0.2, 0) is 11.3 Å². The number of nitrogens with one attached hydrogen (secondary N) is 2. The molecule has 0 saturated heterocycles. The highest BCUT2D eigenvalue weighted by Crippen LogP contribution is 2.14. The third kappa shape index (κ3) is 2.90. The Hall–Kier alpha value is -2.37. The number of carbonyl (C=O) groups excluding carboxylic acids is 2. The van der Waals surface area contributed by atoms with Crippen molar-refractivity contribution in [3.8, 4) is 0 Å². The van der Waals surface area contributed by atoms with Gasteiger partial charge in [-0.05, 0) is 26.0 Å². The van der Waals surface area contributed by atoms with Gasteiger partial charge in [0, 0.05) is 6.54 Å². The molecule has 0 aliphatic rings. The van der Waals surface area contributed by atoms with Gasteiger partial charge in [0.1, 0.15) is 12.4 Å². The zero-order chi connectivity index (χ0) is 13.8. The number of urea groups is 1. The van der Waals surface area contributed by atoms with Gasteiger partial charge in [-0.3, -0.25) is 10.1 Å². The maximum Gasteiger partial charge on any atom is 0.321 e. The number of aryl methyl sites for hydroxylation is 1. The fraction of sp³-hybridized carbons (Fsp3) is 0.308. The molecule has 100 valence electrons. The van der Waals surface area contributed by atoms with E-state index in [2.05, 4.69) is 15.6 Å². The van der Waals surface area contributed by atoms with E-state index >= 15 is 0 Å². The number of hydrogen-bond acceptors (Lipinski definition) is 3. The summed E-state index contributed by atoms with van der Waals surface area (Å²) in [6.45, 7) is 4.17. The zero-order valence-electron chi connectivity index (χ0n) is 10.9. The van der Waals surface area contributed by atoms with E-state index in [1.165, 1.54) is 0 Å². The fourth-order valence-corrected chi connectivity index (χ4v) is 1.91. The lowest BCUT2D eigenvalue weighted by atomic mass is 10.3. The molecule has 0 saturated carbocycles. The van der Waals surface area contributed by atoms with Crippen molar-refractivity contribution in [2.24, 2.45) is 0 Å². The topological polar surface area (TPSA) is 76.0 Å². The van der Waals surface area contributed by atoms with Gasteiger partial charge >= 0.3 is 6.03 Å². The lowest BCUT2D eigenvalue weighted by Gasteiger charge is -2.07. The quantitative estimate of drug-likeness (QED) is 0.870. The molecule has 6 nitrogen and oxygen atoms in total. The van der Waals surface area contributed by atoms with Crippen LogP contribution in [0.15, 0.2) is 24.3 Å². The van der Waals surface area contributed by atoms with Crippen molar-refractivity contribution in [1.82, 2.24) is 20.2 Å². The maximum absolute atomic E-state index is 11.8. The number of amides is 3. The molecule has 2 N–H and O–H groups in total. The molecule has 0 aliphatic heterocycles. The molecule has 1 aromatic heterocycles. The molecular formula is C13H16N4O2. The number of hydrogen-bond donors (Lipinski definition) is 2. The molecule has 3 amide bonds. The summed E-state index contributed by atoms with van der Waals surface area (Å²) in [5.74, 6) is 0.379. The highest BCUT2D eigenvalue weighted by Gasteiger charge is 2.12. The molecule has 6 heteroatoms.